The monoisotopic (exact) mass is 460 g/mol. The highest BCUT2D eigenvalue weighted by molar-refractivity contribution is 6.06. The Morgan fingerprint density at radius 1 is 1.03 bits per heavy atom. The Bertz CT molecular complexity index is 1130. The molecule has 2 atom stereocenters. The molecule has 0 aromatic heterocycles. The number of anilines is 1. The fraction of sp³-hybridized carbons (Fsp3) is 0.385. The molecule has 176 valence electrons. The summed E-state index contributed by atoms with van der Waals surface area (Å²) in [6.45, 7) is 1.87. The van der Waals surface area contributed by atoms with Crippen LogP contribution in [0.25, 0.3) is 0 Å². The maximum Gasteiger partial charge on any atom is 0.255 e. The van der Waals surface area contributed by atoms with Crippen molar-refractivity contribution in [2.75, 3.05) is 25.0 Å². The summed E-state index contributed by atoms with van der Waals surface area (Å²) in [6, 6.07) is 15.0. The molecule has 0 saturated carbocycles. The van der Waals surface area contributed by atoms with Gasteiger partial charge in [-0.3, -0.25) is 24.5 Å². The van der Waals surface area contributed by atoms with Crippen molar-refractivity contribution in [3.8, 4) is 0 Å². The van der Waals surface area contributed by atoms with Crippen molar-refractivity contribution < 1.29 is 19.2 Å². The molecule has 34 heavy (non-hydrogen) atoms. The van der Waals surface area contributed by atoms with Crippen molar-refractivity contribution >= 4 is 29.3 Å². The number of rotatable bonds is 5. The minimum Gasteiger partial charge on any atom is -0.376 e. The summed E-state index contributed by atoms with van der Waals surface area (Å²) in [5.41, 5.74) is 3.31. The lowest BCUT2D eigenvalue weighted by atomic mass is 9.90. The maximum absolute atomic E-state index is 13.0. The van der Waals surface area contributed by atoms with Gasteiger partial charge in [-0.2, -0.15) is 0 Å². The highest BCUT2D eigenvalue weighted by Gasteiger charge is 2.39. The van der Waals surface area contributed by atoms with E-state index in [4.69, 9.17) is 0 Å². The normalized spacial score (nSPS) is 22.4. The Morgan fingerprint density at radius 2 is 1.85 bits per heavy atom. The van der Waals surface area contributed by atoms with Crippen LogP contribution in [0.5, 0.6) is 0 Å². The highest BCUT2D eigenvalue weighted by Crippen LogP contribution is 2.32. The third-order valence-electron chi connectivity index (χ3n) is 7.06. The van der Waals surface area contributed by atoms with Crippen molar-refractivity contribution in [3.63, 3.8) is 0 Å². The lowest BCUT2D eigenvalue weighted by Gasteiger charge is -2.33. The SMILES string of the molecule is O=C1CCC(N2Cc3c(NCC(=O)N4CCCC(c5ccccc5)C4)cccc3C2=O)C(=O)N1. The van der Waals surface area contributed by atoms with Gasteiger partial charge in [-0.15, -0.1) is 0 Å². The van der Waals surface area contributed by atoms with E-state index in [1.807, 2.05) is 29.2 Å². The quantitative estimate of drug-likeness (QED) is 0.667. The molecule has 5 rings (SSSR count). The first kappa shape index (κ1) is 22.1. The molecule has 0 radical (unpaired) electrons. The number of amides is 4. The molecule has 8 nitrogen and oxygen atoms in total. The van der Waals surface area contributed by atoms with Gasteiger partial charge in [0.2, 0.25) is 17.7 Å². The molecule has 2 aromatic rings. The molecule has 3 aliphatic rings. The van der Waals surface area contributed by atoms with E-state index in [0.717, 1.165) is 30.6 Å². The summed E-state index contributed by atoms with van der Waals surface area (Å²) in [7, 11) is 0. The van der Waals surface area contributed by atoms with Crippen LogP contribution in [0, 0.1) is 0 Å². The Morgan fingerprint density at radius 3 is 2.65 bits per heavy atom. The van der Waals surface area contributed by atoms with Gasteiger partial charge in [-0.05, 0) is 37.0 Å². The summed E-state index contributed by atoms with van der Waals surface area (Å²) in [5, 5.41) is 5.56. The number of nitrogens with one attached hydrogen (secondary N) is 2. The molecule has 0 spiro atoms. The Balaban J connectivity index is 1.24. The number of nitrogens with zero attached hydrogens (tertiary/aromatic N) is 2. The number of imide groups is 1. The lowest BCUT2D eigenvalue weighted by Crippen LogP contribution is -2.52. The summed E-state index contributed by atoms with van der Waals surface area (Å²) >= 11 is 0. The van der Waals surface area contributed by atoms with Gasteiger partial charge in [0.1, 0.15) is 6.04 Å². The van der Waals surface area contributed by atoms with E-state index in [0.29, 0.717) is 24.4 Å². The molecule has 3 aliphatic heterocycles. The molecule has 0 aliphatic carbocycles. The Kier molecular flexibility index (Phi) is 6.04. The van der Waals surface area contributed by atoms with E-state index in [1.165, 1.54) is 10.5 Å². The van der Waals surface area contributed by atoms with Crippen molar-refractivity contribution in [3.05, 3.63) is 65.2 Å². The van der Waals surface area contributed by atoms with Gasteiger partial charge in [0.25, 0.3) is 5.91 Å². The van der Waals surface area contributed by atoms with E-state index in [1.54, 1.807) is 12.1 Å². The van der Waals surface area contributed by atoms with Gasteiger partial charge in [0.05, 0.1) is 6.54 Å². The molecule has 2 unspecified atom stereocenters. The summed E-state index contributed by atoms with van der Waals surface area (Å²) < 4.78 is 0. The number of fused-ring (bicyclic) bond motifs is 1. The second kappa shape index (κ2) is 9.29. The largest absolute Gasteiger partial charge is 0.376 e. The first-order chi connectivity index (χ1) is 16.5. The van der Waals surface area contributed by atoms with Crippen LogP contribution in [0.15, 0.2) is 48.5 Å². The van der Waals surface area contributed by atoms with Crippen LogP contribution in [-0.2, 0) is 20.9 Å². The van der Waals surface area contributed by atoms with E-state index in [9.17, 15) is 19.2 Å². The van der Waals surface area contributed by atoms with Crippen LogP contribution in [0.4, 0.5) is 5.69 Å². The zero-order valence-corrected chi connectivity index (χ0v) is 19.0. The number of piperidine rings is 2. The second-order valence-corrected chi connectivity index (χ2v) is 9.17. The van der Waals surface area contributed by atoms with Gasteiger partial charge < -0.3 is 15.1 Å². The number of hydrogen-bond donors (Lipinski definition) is 2. The zero-order chi connectivity index (χ0) is 23.7. The fourth-order valence-corrected chi connectivity index (χ4v) is 5.23. The minimum absolute atomic E-state index is 0.0320. The third-order valence-corrected chi connectivity index (χ3v) is 7.06. The predicted molar refractivity (Wildman–Crippen MR) is 126 cm³/mol. The lowest BCUT2D eigenvalue weighted by molar-refractivity contribution is -0.137. The van der Waals surface area contributed by atoms with Crippen molar-refractivity contribution in [1.29, 1.82) is 0 Å². The van der Waals surface area contributed by atoms with Gasteiger partial charge in [-0.1, -0.05) is 36.4 Å². The molecule has 0 bridgehead atoms. The van der Waals surface area contributed by atoms with Crippen LogP contribution in [0.3, 0.4) is 0 Å². The van der Waals surface area contributed by atoms with Crippen molar-refractivity contribution in [2.45, 2.75) is 44.2 Å². The molecule has 4 amide bonds. The van der Waals surface area contributed by atoms with E-state index < -0.39 is 11.9 Å². The van der Waals surface area contributed by atoms with E-state index in [-0.39, 0.29) is 37.2 Å². The number of carbonyl (C=O) groups is 4. The maximum atomic E-state index is 13.0. The second-order valence-electron chi connectivity index (χ2n) is 9.17. The van der Waals surface area contributed by atoms with Crippen molar-refractivity contribution in [1.82, 2.24) is 15.1 Å². The topological polar surface area (TPSA) is 98.8 Å². The van der Waals surface area contributed by atoms with Crippen LogP contribution in [0.1, 0.15) is 53.1 Å². The number of hydrogen-bond acceptors (Lipinski definition) is 5. The van der Waals surface area contributed by atoms with Gasteiger partial charge in [0.15, 0.2) is 0 Å². The van der Waals surface area contributed by atoms with Crippen LogP contribution < -0.4 is 10.6 Å². The molecule has 2 fully saturated rings. The molecular weight excluding hydrogens is 432 g/mol. The first-order valence-electron chi connectivity index (χ1n) is 11.8. The van der Waals surface area contributed by atoms with Gasteiger partial charge in [-0.25, -0.2) is 0 Å². The van der Waals surface area contributed by atoms with E-state index >= 15 is 0 Å². The number of benzene rings is 2. The predicted octanol–water partition coefficient (Wildman–Crippen LogP) is 2.27. The Hall–Kier alpha value is -3.68. The standard InChI is InChI=1S/C26H28N4O4/c31-23-12-11-22(25(33)28-23)30-16-20-19(26(30)34)9-4-10-21(20)27-14-24(32)29-13-5-8-18(15-29)17-6-2-1-3-7-17/h1-4,6-7,9-10,18,22,27H,5,8,11-16H2,(H,28,31,33). The minimum atomic E-state index is -0.657. The molecule has 8 heteroatoms. The Labute approximate surface area is 198 Å². The van der Waals surface area contributed by atoms with Crippen LogP contribution >= 0.6 is 0 Å². The summed E-state index contributed by atoms with van der Waals surface area (Å²) in [4.78, 5) is 53.2. The fourth-order valence-electron chi connectivity index (χ4n) is 5.23. The molecular formula is C26H28N4O4. The van der Waals surface area contributed by atoms with Gasteiger partial charge >= 0.3 is 0 Å². The zero-order valence-electron chi connectivity index (χ0n) is 19.0. The first-order valence-corrected chi connectivity index (χ1v) is 11.8. The smallest absolute Gasteiger partial charge is 0.255 e. The average Bonchev–Trinajstić information content (AvgIpc) is 3.20. The van der Waals surface area contributed by atoms with Crippen LogP contribution in [-0.4, -0.2) is 59.1 Å². The summed E-state index contributed by atoms with van der Waals surface area (Å²) in [6.07, 6.45) is 2.59. The average molecular weight is 461 g/mol. The number of likely N-dealkylation sites (tertiary alicyclic amines) is 1. The van der Waals surface area contributed by atoms with Crippen LogP contribution in [0.2, 0.25) is 0 Å². The molecule has 2 N–H and O–H groups in total. The van der Waals surface area contributed by atoms with Crippen molar-refractivity contribution in [2.24, 2.45) is 0 Å². The van der Waals surface area contributed by atoms with Gasteiger partial charge in [0, 0.05) is 48.8 Å². The molecule has 2 saturated heterocycles. The third kappa shape index (κ3) is 4.27. The number of carbonyl (C=O) groups excluding carboxylic acids is 4. The molecule has 2 aromatic carbocycles. The van der Waals surface area contributed by atoms with E-state index in [2.05, 4.69) is 22.8 Å². The molecule has 3 heterocycles. The highest BCUT2D eigenvalue weighted by atomic mass is 16.2. The summed E-state index contributed by atoms with van der Waals surface area (Å²) in [5.74, 6) is -0.580.